The SMILES string of the molecule is CC(CCN)C(c1ccc[nH]1)N(C)C. The third-order valence-electron chi connectivity index (χ3n) is 2.66. The maximum Gasteiger partial charge on any atom is 0.0519 e. The van der Waals surface area contributed by atoms with Crippen LogP contribution in [0.2, 0.25) is 0 Å². The summed E-state index contributed by atoms with van der Waals surface area (Å²) in [5, 5.41) is 0. The van der Waals surface area contributed by atoms with Gasteiger partial charge in [-0.05, 0) is 45.1 Å². The van der Waals surface area contributed by atoms with Gasteiger partial charge < -0.3 is 15.6 Å². The highest BCUT2D eigenvalue weighted by Crippen LogP contribution is 2.27. The minimum absolute atomic E-state index is 0.438. The normalized spacial score (nSPS) is 15.8. The minimum Gasteiger partial charge on any atom is -0.364 e. The third kappa shape index (κ3) is 2.59. The van der Waals surface area contributed by atoms with E-state index in [1.54, 1.807) is 0 Å². The predicted molar refractivity (Wildman–Crippen MR) is 60.1 cm³/mol. The number of aromatic nitrogens is 1. The smallest absolute Gasteiger partial charge is 0.0519 e. The van der Waals surface area contributed by atoms with E-state index in [0.717, 1.165) is 13.0 Å². The fourth-order valence-corrected chi connectivity index (χ4v) is 2.04. The molecule has 1 aromatic rings. The van der Waals surface area contributed by atoms with Crippen LogP contribution in [-0.4, -0.2) is 30.5 Å². The molecule has 1 rings (SSSR count). The molecule has 0 saturated heterocycles. The minimum atomic E-state index is 0.438. The van der Waals surface area contributed by atoms with Gasteiger partial charge in [0.2, 0.25) is 0 Å². The van der Waals surface area contributed by atoms with Crippen LogP contribution < -0.4 is 5.73 Å². The highest BCUT2D eigenvalue weighted by Gasteiger charge is 2.21. The Morgan fingerprint density at radius 1 is 1.50 bits per heavy atom. The van der Waals surface area contributed by atoms with Crippen molar-refractivity contribution in [2.75, 3.05) is 20.6 Å². The molecule has 14 heavy (non-hydrogen) atoms. The third-order valence-corrected chi connectivity index (χ3v) is 2.66. The Morgan fingerprint density at radius 2 is 2.21 bits per heavy atom. The van der Waals surface area contributed by atoms with E-state index in [9.17, 15) is 0 Å². The molecular weight excluding hydrogens is 174 g/mol. The molecule has 0 aliphatic rings. The number of hydrogen-bond acceptors (Lipinski definition) is 2. The summed E-state index contributed by atoms with van der Waals surface area (Å²) in [5.74, 6) is 0.577. The molecule has 3 N–H and O–H groups in total. The summed E-state index contributed by atoms with van der Waals surface area (Å²) in [6, 6.07) is 4.62. The van der Waals surface area contributed by atoms with Gasteiger partial charge in [-0.3, -0.25) is 0 Å². The van der Waals surface area contributed by atoms with Gasteiger partial charge in [0, 0.05) is 11.9 Å². The quantitative estimate of drug-likeness (QED) is 0.749. The van der Waals surface area contributed by atoms with Crippen molar-refractivity contribution in [3.05, 3.63) is 24.0 Å². The molecule has 0 spiro atoms. The zero-order valence-electron chi connectivity index (χ0n) is 9.33. The average Bonchev–Trinajstić information content (AvgIpc) is 2.57. The van der Waals surface area contributed by atoms with Gasteiger partial charge in [0.05, 0.1) is 6.04 Å². The Labute approximate surface area is 86.3 Å². The zero-order chi connectivity index (χ0) is 10.6. The summed E-state index contributed by atoms with van der Waals surface area (Å²) in [5.41, 5.74) is 6.87. The predicted octanol–water partition coefficient (Wildman–Crippen LogP) is 1.60. The highest BCUT2D eigenvalue weighted by atomic mass is 15.1. The molecule has 0 amide bonds. The van der Waals surface area contributed by atoms with Crippen LogP contribution in [0, 0.1) is 5.92 Å². The van der Waals surface area contributed by atoms with Crippen LogP contribution in [-0.2, 0) is 0 Å². The molecule has 80 valence electrons. The zero-order valence-corrected chi connectivity index (χ0v) is 9.33. The van der Waals surface area contributed by atoms with E-state index in [4.69, 9.17) is 5.73 Å². The molecule has 0 aliphatic carbocycles. The number of aromatic amines is 1. The number of hydrogen-bond donors (Lipinski definition) is 2. The van der Waals surface area contributed by atoms with Crippen LogP contribution in [0.25, 0.3) is 0 Å². The van der Waals surface area contributed by atoms with Gasteiger partial charge in [0.1, 0.15) is 0 Å². The topological polar surface area (TPSA) is 45.1 Å². The molecule has 2 unspecified atom stereocenters. The summed E-state index contributed by atoms with van der Waals surface area (Å²) < 4.78 is 0. The Hall–Kier alpha value is -0.800. The van der Waals surface area contributed by atoms with Gasteiger partial charge in [-0.1, -0.05) is 6.92 Å². The summed E-state index contributed by atoms with van der Waals surface area (Å²) in [4.78, 5) is 5.52. The van der Waals surface area contributed by atoms with E-state index in [-0.39, 0.29) is 0 Å². The molecule has 0 aromatic carbocycles. The van der Waals surface area contributed by atoms with Crippen molar-refractivity contribution in [1.29, 1.82) is 0 Å². The first-order chi connectivity index (χ1) is 6.66. The summed E-state index contributed by atoms with van der Waals surface area (Å²) in [6.07, 6.45) is 3.03. The fourth-order valence-electron chi connectivity index (χ4n) is 2.04. The molecule has 1 heterocycles. The summed E-state index contributed by atoms with van der Waals surface area (Å²) in [6.45, 7) is 3.00. The lowest BCUT2D eigenvalue weighted by molar-refractivity contribution is 0.212. The van der Waals surface area contributed by atoms with Crippen molar-refractivity contribution in [2.45, 2.75) is 19.4 Å². The van der Waals surface area contributed by atoms with Crippen LogP contribution in [0.15, 0.2) is 18.3 Å². The van der Waals surface area contributed by atoms with Crippen molar-refractivity contribution in [1.82, 2.24) is 9.88 Å². The second kappa shape index (κ2) is 5.17. The second-order valence-corrected chi connectivity index (χ2v) is 4.09. The lowest BCUT2D eigenvalue weighted by atomic mass is 9.95. The Kier molecular flexibility index (Phi) is 4.17. The largest absolute Gasteiger partial charge is 0.364 e. The van der Waals surface area contributed by atoms with Gasteiger partial charge >= 0.3 is 0 Å². The van der Waals surface area contributed by atoms with Gasteiger partial charge in [0.15, 0.2) is 0 Å². The van der Waals surface area contributed by atoms with Crippen LogP contribution in [0.1, 0.15) is 25.1 Å². The first-order valence-electron chi connectivity index (χ1n) is 5.16. The Balaban J connectivity index is 2.74. The maximum absolute atomic E-state index is 5.59. The van der Waals surface area contributed by atoms with Crippen LogP contribution >= 0.6 is 0 Å². The first-order valence-corrected chi connectivity index (χ1v) is 5.16. The van der Waals surface area contributed by atoms with E-state index in [1.165, 1.54) is 5.69 Å². The van der Waals surface area contributed by atoms with Gasteiger partial charge in [0.25, 0.3) is 0 Å². The molecular formula is C11H21N3. The van der Waals surface area contributed by atoms with Crippen LogP contribution in [0.5, 0.6) is 0 Å². The molecule has 0 fully saturated rings. The fraction of sp³-hybridized carbons (Fsp3) is 0.636. The average molecular weight is 195 g/mol. The second-order valence-electron chi connectivity index (χ2n) is 4.09. The van der Waals surface area contributed by atoms with E-state index < -0.39 is 0 Å². The lowest BCUT2D eigenvalue weighted by Crippen LogP contribution is -2.27. The van der Waals surface area contributed by atoms with E-state index in [2.05, 4.69) is 37.0 Å². The van der Waals surface area contributed by atoms with Crippen LogP contribution in [0.4, 0.5) is 0 Å². The Bertz CT molecular complexity index is 241. The standard InChI is InChI=1S/C11H21N3/c1-9(6-7-12)11(14(2)3)10-5-4-8-13-10/h4-5,8-9,11,13H,6-7,12H2,1-3H3. The van der Waals surface area contributed by atoms with E-state index in [0.29, 0.717) is 12.0 Å². The molecule has 3 heteroatoms. The number of rotatable bonds is 5. The number of nitrogens with two attached hydrogens (primary N) is 1. The number of H-pyrrole nitrogens is 1. The Morgan fingerprint density at radius 3 is 2.64 bits per heavy atom. The summed E-state index contributed by atoms with van der Waals surface area (Å²) in [7, 11) is 4.22. The molecule has 0 bridgehead atoms. The first kappa shape index (κ1) is 11.3. The monoisotopic (exact) mass is 195 g/mol. The highest BCUT2D eigenvalue weighted by molar-refractivity contribution is 5.10. The number of nitrogens with one attached hydrogen (secondary N) is 1. The lowest BCUT2D eigenvalue weighted by Gasteiger charge is -2.29. The van der Waals surface area contributed by atoms with Crippen molar-refractivity contribution >= 4 is 0 Å². The number of nitrogens with zero attached hydrogens (tertiary/aromatic N) is 1. The molecule has 2 atom stereocenters. The maximum atomic E-state index is 5.59. The van der Waals surface area contributed by atoms with Gasteiger partial charge in [-0.15, -0.1) is 0 Å². The van der Waals surface area contributed by atoms with E-state index >= 15 is 0 Å². The van der Waals surface area contributed by atoms with Gasteiger partial charge in [-0.25, -0.2) is 0 Å². The van der Waals surface area contributed by atoms with Crippen molar-refractivity contribution in [3.63, 3.8) is 0 Å². The van der Waals surface area contributed by atoms with Crippen molar-refractivity contribution in [3.8, 4) is 0 Å². The van der Waals surface area contributed by atoms with Crippen LogP contribution in [0.3, 0.4) is 0 Å². The van der Waals surface area contributed by atoms with Crippen molar-refractivity contribution < 1.29 is 0 Å². The van der Waals surface area contributed by atoms with E-state index in [1.807, 2.05) is 12.3 Å². The van der Waals surface area contributed by atoms with Crippen molar-refractivity contribution in [2.24, 2.45) is 11.7 Å². The molecule has 1 aromatic heterocycles. The molecule has 0 radical (unpaired) electrons. The van der Waals surface area contributed by atoms with Gasteiger partial charge in [-0.2, -0.15) is 0 Å². The molecule has 0 aliphatic heterocycles. The molecule has 0 saturated carbocycles. The summed E-state index contributed by atoms with van der Waals surface area (Å²) >= 11 is 0. The molecule has 3 nitrogen and oxygen atoms in total.